The first-order chi connectivity index (χ1) is 8.52. The van der Waals surface area contributed by atoms with Crippen molar-refractivity contribution in [3.8, 4) is 0 Å². The first kappa shape index (κ1) is 14.1. The third-order valence-electron chi connectivity index (χ3n) is 2.35. The van der Waals surface area contributed by atoms with E-state index in [4.69, 9.17) is 0 Å². The predicted octanol–water partition coefficient (Wildman–Crippen LogP) is 0.488. The van der Waals surface area contributed by atoms with E-state index in [2.05, 4.69) is 16.0 Å². The molecule has 2 amide bonds. The van der Waals surface area contributed by atoms with Crippen LogP contribution >= 0.6 is 0 Å². The third kappa shape index (κ3) is 4.50. The monoisotopic (exact) mass is 253 g/mol. The quantitative estimate of drug-likeness (QED) is 0.715. The zero-order chi connectivity index (χ0) is 13.5. The Morgan fingerprint density at radius 1 is 1.28 bits per heavy atom. The Morgan fingerprint density at radius 3 is 2.44 bits per heavy atom. The number of rotatable bonds is 5. The summed E-state index contributed by atoms with van der Waals surface area (Å²) in [5, 5.41) is 7.82. The molecule has 0 spiro atoms. The van der Waals surface area contributed by atoms with Crippen LogP contribution in [0.3, 0.4) is 0 Å². The molecule has 0 bridgehead atoms. The highest BCUT2D eigenvalue weighted by atomic mass is 19.1. The van der Waals surface area contributed by atoms with E-state index in [1.165, 1.54) is 31.3 Å². The number of benzene rings is 1. The van der Waals surface area contributed by atoms with E-state index in [1.54, 1.807) is 6.92 Å². The molecule has 1 atom stereocenters. The van der Waals surface area contributed by atoms with Crippen molar-refractivity contribution in [1.29, 1.82) is 0 Å². The van der Waals surface area contributed by atoms with Gasteiger partial charge in [-0.1, -0.05) is 0 Å². The molecule has 0 aliphatic heterocycles. The van der Waals surface area contributed by atoms with Gasteiger partial charge in [0.05, 0.1) is 12.6 Å². The highest BCUT2D eigenvalue weighted by Crippen LogP contribution is 2.08. The van der Waals surface area contributed by atoms with Gasteiger partial charge in [-0.05, 0) is 31.2 Å². The van der Waals surface area contributed by atoms with E-state index in [-0.39, 0.29) is 24.2 Å². The normalized spacial score (nSPS) is 11.7. The standard InChI is InChI=1S/C12H16FN3O2/c1-8(15-7-11(17)14-2)12(18)16-10-5-3-9(13)4-6-10/h3-6,8,15H,7H2,1-2H3,(H,14,17)(H,16,18)/t8-/m1/s1. The topological polar surface area (TPSA) is 70.2 Å². The van der Waals surface area contributed by atoms with Gasteiger partial charge < -0.3 is 10.6 Å². The summed E-state index contributed by atoms with van der Waals surface area (Å²) in [6.45, 7) is 1.70. The van der Waals surface area contributed by atoms with Crippen LogP contribution in [0.2, 0.25) is 0 Å². The summed E-state index contributed by atoms with van der Waals surface area (Å²) in [4.78, 5) is 22.7. The first-order valence-corrected chi connectivity index (χ1v) is 5.53. The molecule has 18 heavy (non-hydrogen) atoms. The summed E-state index contributed by atoms with van der Waals surface area (Å²) in [5.74, 6) is -0.847. The molecule has 0 saturated carbocycles. The van der Waals surface area contributed by atoms with E-state index in [0.717, 1.165) is 0 Å². The molecule has 0 heterocycles. The number of carbonyl (C=O) groups excluding carboxylic acids is 2. The van der Waals surface area contributed by atoms with Crippen LogP contribution in [0, 0.1) is 5.82 Å². The predicted molar refractivity (Wildman–Crippen MR) is 66.6 cm³/mol. The number of nitrogens with one attached hydrogen (secondary N) is 3. The Labute approximate surface area is 105 Å². The van der Waals surface area contributed by atoms with Crippen LogP contribution in [-0.4, -0.2) is 31.4 Å². The van der Waals surface area contributed by atoms with Crippen molar-refractivity contribution in [2.75, 3.05) is 18.9 Å². The second-order valence-corrected chi connectivity index (χ2v) is 3.77. The van der Waals surface area contributed by atoms with Crippen molar-refractivity contribution in [3.63, 3.8) is 0 Å². The van der Waals surface area contributed by atoms with Crippen molar-refractivity contribution < 1.29 is 14.0 Å². The SMILES string of the molecule is CNC(=O)CN[C@H](C)C(=O)Nc1ccc(F)cc1. The highest BCUT2D eigenvalue weighted by Gasteiger charge is 2.13. The Hall–Kier alpha value is -1.95. The minimum Gasteiger partial charge on any atom is -0.358 e. The molecular formula is C12H16FN3O2. The number of anilines is 1. The number of likely N-dealkylation sites (N-methyl/N-ethyl adjacent to an activating group) is 1. The maximum absolute atomic E-state index is 12.7. The summed E-state index contributed by atoms with van der Waals surface area (Å²) in [6, 6.07) is 4.95. The van der Waals surface area contributed by atoms with Crippen molar-refractivity contribution in [3.05, 3.63) is 30.1 Å². The fraction of sp³-hybridized carbons (Fsp3) is 0.333. The summed E-state index contributed by atoms with van der Waals surface area (Å²) in [5.41, 5.74) is 0.509. The smallest absolute Gasteiger partial charge is 0.241 e. The summed E-state index contributed by atoms with van der Waals surface area (Å²) in [7, 11) is 1.52. The molecule has 0 radical (unpaired) electrons. The number of amides is 2. The van der Waals surface area contributed by atoms with Crippen LogP contribution in [0.4, 0.5) is 10.1 Å². The lowest BCUT2D eigenvalue weighted by Crippen LogP contribution is -2.42. The van der Waals surface area contributed by atoms with E-state index >= 15 is 0 Å². The summed E-state index contributed by atoms with van der Waals surface area (Å²) < 4.78 is 12.7. The van der Waals surface area contributed by atoms with Crippen molar-refractivity contribution in [1.82, 2.24) is 10.6 Å². The Bertz CT molecular complexity index is 420. The van der Waals surface area contributed by atoms with Gasteiger partial charge in [-0.3, -0.25) is 14.9 Å². The molecule has 0 unspecified atom stereocenters. The largest absolute Gasteiger partial charge is 0.358 e. The highest BCUT2D eigenvalue weighted by molar-refractivity contribution is 5.94. The maximum atomic E-state index is 12.7. The van der Waals surface area contributed by atoms with Crippen LogP contribution in [0.5, 0.6) is 0 Å². The Morgan fingerprint density at radius 2 is 1.89 bits per heavy atom. The van der Waals surface area contributed by atoms with E-state index in [1.807, 2.05) is 0 Å². The van der Waals surface area contributed by atoms with Crippen LogP contribution in [0.15, 0.2) is 24.3 Å². The molecule has 5 nitrogen and oxygen atoms in total. The van der Waals surface area contributed by atoms with E-state index in [9.17, 15) is 14.0 Å². The van der Waals surface area contributed by atoms with Gasteiger partial charge in [-0.2, -0.15) is 0 Å². The molecule has 0 fully saturated rings. The van der Waals surface area contributed by atoms with Crippen LogP contribution in [-0.2, 0) is 9.59 Å². The molecule has 0 aliphatic rings. The Kier molecular flexibility index (Phi) is 5.26. The molecule has 6 heteroatoms. The Balaban J connectivity index is 2.44. The third-order valence-corrected chi connectivity index (χ3v) is 2.35. The zero-order valence-corrected chi connectivity index (χ0v) is 10.3. The molecule has 1 aromatic carbocycles. The first-order valence-electron chi connectivity index (χ1n) is 5.53. The molecule has 1 rings (SSSR count). The van der Waals surface area contributed by atoms with Gasteiger partial charge in [-0.25, -0.2) is 4.39 Å². The fourth-order valence-corrected chi connectivity index (χ4v) is 1.21. The van der Waals surface area contributed by atoms with Gasteiger partial charge in [0.15, 0.2) is 0 Å². The lowest BCUT2D eigenvalue weighted by Gasteiger charge is -2.13. The number of hydrogen-bond donors (Lipinski definition) is 3. The summed E-state index contributed by atoms with van der Waals surface area (Å²) >= 11 is 0. The van der Waals surface area contributed by atoms with Gasteiger partial charge in [-0.15, -0.1) is 0 Å². The minimum atomic E-state index is -0.521. The van der Waals surface area contributed by atoms with Crippen molar-refractivity contribution >= 4 is 17.5 Å². The second-order valence-electron chi connectivity index (χ2n) is 3.77. The van der Waals surface area contributed by atoms with E-state index < -0.39 is 6.04 Å². The van der Waals surface area contributed by atoms with Crippen molar-refractivity contribution in [2.24, 2.45) is 0 Å². The van der Waals surface area contributed by atoms with Gasteiger partial charge in [0, 0.05) is 12.7 Å². The molecule has 1 aromatic rings. The van der Waals surface area contributed by atoms with Gasteiger partial charge in [0.2, 0.25) is 11.8 Å². The molecule has 0 saturated heterocycles. The number of hydrogen-bond acceptors (Lipinski definition) is 3. The zero-order valence-electron chi connectivity index (χ0n) is 10.3. The fourth-order valence-electron chi connectivity index (χ4n) is 1.21. The summed E-state index contributed by atoms with van der Waals surface area (Å²) in [6.07, 6.45) is 0. The second kappa shape index (κ2) is 6.70. The maximum Gasteiger partial charge on any atom is 0.241 e. The molecule has 98 valence electrons. The average molecular weight is 253 g/mol. The molecular weight excluding hydrogens is 237 g/mol. The average Bonchev–Trinajstić information content (AvgIpc) is 2.38. The number of halogens is 1. The lowest BCUT2D eigenvalue weighted by atomic mass is 10.2. The van der Waals surface area contributed by atoms with Crippen molar-refractivity contribution in [2.45, 2.75) is 13.0 Å². The molecule has 0 aliphatic carbocycles. The van der Waals surface area contributed by atoms with Crippen LogP contribution in [0.25, 0.3) is 0 Å². The minimum absolute atomic E-state index is 0.0640. The molecule has 0 aromatic heterocycles. The van der Waals surface area contributed by atoms with Gasteiger partial charge >= 0.3 is 0 Å². The van der Waals surface area contributed by atoms with E-state index in [0.29, 0.717) is 5.69 Å². The lowest BCUT2D eigenvalue weighted by molar-refractivity contribution is -0.120. The number of carbonyl (C=O) groups is 2. The van der Waals surface area contributed by atoms with Gasteiger partial charge in [0.25, 0.3) is 0 Å². The van der Waals surface area contributed by atoms with Gasteiger partial charge in [0.1, 0.15) is 5.82 Å². The van der Waals surface area contributed by atoms with Crippen LogP contribution in [0.1, 0.15) is 6.92 Å². The molecule has 3 N–H and O–H groups in total. The van der Waals surface area contributed by atoms with Crippen LogP contribution < -0.4 is 16.0 Å².